The topological polar surface area (TPSA) is 49.6 Å². The van der Waals surface area contributed by atoms with Gasteiger partial charge in [0.2, 0.25) is 5.91 Å². The summed E-state index contributed by atoms with van der Waals surface area (Å²) in [5.74, 6) is 1.18. The van der Waals surface area contributed by atoms with Crippen molar-refractivity contribution in [3.8, 4) is 0 Å². The molecule has 0 saturated carbocycles. The second-order valence-electron chi connectivity index (χ2n) is 5.80. The van der Waals surface area contributed by atoms with E-state index in [2.05, 4.69) is 25.8 Å². The van der Waals surface area contributed by atoms with Crippen molar-refractivity contribution < 1.29 is 4.79 Å². The molecule has 1 saturated heterocycles. The van der Waals surface area contributed by atoms with Crippen LogP contribution < -0.4 is 5.73 Å². The Balaban J connectivity index is 2.31. The number of nitrogens with zero attached hydrogens (tertiary/aromatic N) is 2. The van der Waals surface area contributed by atoms with E-state index in [0.717, 1.165) is 19.6 Å². The zero-order valence-corrected chi connectivity index (χ0v) is 11.6. The predicted octanol–water partition coefficient (Wildman–Crippen LogP) is 0.770. The molecule has 1 amide bonds. The lowest BCUT2D eigenvalue weighted by molar-refractivity contribution is -0.131. The average molecular weight is 241 g/mol. The molecule has 0 radical (unpaired) electrons. The zero-order valence-electron chi connectivity index (χ0n) is 11.6. The fraction of sp³-hybridized carbons (Fsp3) is 0.923. The van der Waals surface area contributed by atoms with Crippen molar-refractivity contribution in [1.29, 1.82) is 0 Å². The van der Waals surface area contributed by atoms with E-state index in [-0.39, 0.29) is 11.9 Å². The van der Waals surface area contributed by atoms with Gasteiger partial charge in [0.1, 0.15) is 0 Å². The van der Waals surface area contributed by atoms with Crippen molar-refractivity contribution in [3.05, 3.63) is 0 Å². The molecule has 0 aliphatic carbocycles. The first-order valence-corrected chi connectivity index (χ1v) is 6.58. The largest absolute Gasteiger partial charge is 0.345 e. The minimum atomic E-state index is -0.0174. The van der Waals surface area contributed by atoms with Gasteiger partial charge in [-0.2, -0.15) is 0 Å². The smallest absolute Gasteiger partial charge is 0.223 e. The fourth-order valence-corrected chi connectivity index (χ4v) is 2.26. The predicted molar refractivity (Wildman–Crippen MR) is 70.7 cm³/mol. The zero-order chi connectivity index (χ0) is 13.0. The van der Waals surface area contributed by atoms with E-state index in [1.165, 1.54) is 6.42 Å². The van der Waals surface area contributed by atoms with Crippen molar-refractivity contribution in [2.75, 3.05) is 33.7 Å². The number of hydrogen-bond acceptors (Lipinski definition) is 3. The molecule has 0 aromatic heterocycles. The van der Waals surface area contributed by atoms with Gasteiger partial charge in [-0.15, -0.1) is 0 Å². The molecule has 0 spiro atoms. The number of carbonyl (C=O) groups excluding carboxylic acids is 1. The number of rotatable bonds is 5. The lowest BCUT2D eigenvalue weighted by Gasteiger charge is -2.24. The summed E-state index contributed by atoms with van der Waals surface area (Å²) in [5, 5.41) is 0. The monoisotopic (exact) mass is 241 g/mol. The maximum absolute atomic E-state index is 12.0. The Morgan fingerprint density at radius 2 is 2.18 bits per heavy atom. The van der Waals surface area contributed by atoms with Crippen molar-refractivity contribution in [2.24, 2.45) is 17.6 Å². The van der Waals surface area contributed by atoms with Crippen molar-refractivity contribution >= 4 is 5.91 Å². The van der Waals surface area contributed by atoms with Crippen LogP contribution in [0.2, 0.25) is 0 Å². The van der Waals surface area contributed by atoms with E-state index in [1.807, 2.05) is 11.9 Å². The Morgan fingerprint density at radius 1 is 1.53 bits per heavy atom. The molecule has 1 aliphatic heterocycles. The molecule has 0 aromatic rings. The molecule has 0 aromatic carbocycles. The molecular formula is C13H27N3O. The first kappa shape index (κ1) is 14.5. The summed E-state index contributed by atoms with van der Waals surface area (Å²) in [6, 6.07) is -0.0174. The number of carbonyl (C=O) groups is 1. The van der Waals surface area contributed by atoms with Crippen LogP contribution in [0, 0.1) is 11.8 Å². The van der Waals surface area contributed by atoms with Gasteiger partial charge in [-0.05, 0) is 31.8 Å². The van der Waals surface area contributed by atoms with E-state index in [4.69, 9.17) is 5.73 Å². The summed E-state index contributed by atoms with van der Waals surface area (Å²) in [5.41, 5.74) is 5.93. The number of likely N-dealkylation sites (tertiary alicyclic amines) is 1. The Bertz CT molecular complexity index is 255. The normalized spacial score (nSPS) is 23.1. The number of amides is 1. The minimum Gasteiger partial charge on any atom is -0.345 e. The summed E-state index contributed by atoms with van der Waals surface area (Å²) >= 11 is 0. The average Bonchev–Trinajstić information content (AvgIpc) is 2.63. The van der Waals surface area contributed by atoms with E-state index >= 15 is 0 Å². The van der Waals surface area contributed by atoms with Gasteiger partial charge in [-0.25, -0.2) is 0 Å². The maximum atomic E-state index is 12.0. The van der Waals surface area contributed by atoms with E-state index in [1.54, 1.807) is 0 Å². The molecule has 4 nitrogen and oxygen atoms in total. The number of hydrogen-bond donors (Lipinski definition) is 1. The minimum absolute atomic E-state index is 0.0174. The third kappa shape index (κ3) is 4.64. The second-order valence-corrected chi connectivity index (χ2v) is 5.80. The van der Waals surface area contributed by atoms with Gasteiger partial charge in [0, 0.05) is 32.6 Å². The Hall–Kier alpha value is -0.610. The van der Waals surface area contributed by atoms with E-state index in [0.29, 0.717) is 18.3 Å². The first-order chi connectivity index (χ1) is 7.90. The van der Waals surface area contributed by atoms with Crippen LogP contribution in [-0.4, -0.2) is 55.5 Å². The Morgan fingerprint density at radius 3 is 2.65 bits per heavy atom. The number of nitrogens with two attached hydrogens (primary N) is 1. The molecular weight excluding hydrogens is 214 g/mol. The highest BCUT2D eigenvalue weighted by molar-refractivity contribution is 5.76. The summed E-state index contributed by atoms with van der Waals surface area (Å²) in [4.78, 5) is 16.1. The van der Waals surface area contributed by atoms with Crippen molar-refractivity contribution in [3.63, 3.8) is 0 Å². The van der Waals surface area contributed by atoms with Crippen LogP contribution in [0.4, 0.5) is 0 Å². The van der Waals surface area contributed by atoms with Gasteiger partial charge >= 0.3 is 0 Å². The first-order valence-electron chi connectivity index (χ1n) is 6.58. The van der Waals surface area contributed by atoms with Crippen LogP contribution in [-0.2, 0) is 4.79 Å². The lowest BCUT2D eigenvalue weighted by atomic mass is 10.0. The van der Waals surface area contributed by atoms with Crippen LogP contribution in [0.25, 0.3) is 0 Å². The second kappa shape index (κ2) is 6.36. The molecule has 1 fully saturated rings. The van der Waals surface area contributed by atoms with Crippen molar-refractivity contribution in [1.82, 2.24) is 9.80 Å². The van der Waals surface area contributed by atoms with Crippen LogP contribution >= 0.6 is 0 Å². The van der Waals surface area contributed by atoms with Crippen LogP contribution in [0.15, 0.2) is 0 Å². The molecule has 0 bridgehead atoms. The van der Waals surface area contributed by atoms with Gasteiger partial charge in [0.15, 0.2) is 0 Å². The molecule has 2 unspecified atom stereocenters. The van der Waals surface area contributed by atoms with Crippen LogP contribution in [0.3, 0.4) is 0 Å². The summed E-state index contributed by atoms with van der Waals surface area (Å²) in [6.07, 6.45) is 1.67. The van der Waals surface area contributed by atoms with Crippen molar-refractivity contribution in [2.45, 2.75) is 32.7 Å². The van der Waals surface area contributed by atoms with Gasteiger partial charge in [-0.3, -0.25) is 4.79 Å². The maximum Gasteiger partial charge on any atom is 0.223 e. The highest BCUT2D eigenvalue weighted by Gasteiger charge is 2.23. The fourth-order valence-electron chi connectivity index (χ4n) is 2.26. The van der Waals surface area contributed by atoms with Gasteiger partial charge < -0.3 is 15.5 Å². The molecule has 100 valence electrons. The Labute approximate surface area is 105 Å². The van der Waals surface area contributed by atoms with E-state index in [9.17, 15) is 4.79 Å². The summed E-state index contributed by atoms with van der Waals surface area (Å²) < 4.78 is 0. The van der Waals surface area contributed by atoms with Crippen LogP contribution in [0.5, 0.6) is 0 Å². The lowest BCUT2D eigenvalue weighted by Crippen LogP contribution is -2.38. The molecule has 2 atom stereocenters. The summed E-state index contributed by atoms with van der Waals surface area (Å²) in [6.45, 7) is 7.24. The van der Waals surface area contributed by atoms with Gasteiger partial charge in [0.25, 0.3) is 0 Å². The highest BCUT2D eigenvalue weighted by Crippen LogP contribution is 2.16. The molecule has 1 aliphatic rings. The molecule has 2 N–H and O–H groups in total. The Kier molecular flexibility index (Phi) is 5.40. The van der Waals surface area contributed by atoms with Crippen LogP contribution in [0.1, 0.15) is 26.7 Å². The van der Waals surface area contributed by atoms with E-state index < -0.39 is 0 Å². The highest BCUT2D eigenvalue weighted by atomic mass is 16.2. The third-order valence-corrected chi connectivity index (χ3v) is 3.71. The standard InChI is InChI=1S/C13H27N3O/c1-10(2)12(14)7-13(17)16(4)9-11-5-6-15(3)8-11/h10-12H,5-9,14H2,1-4H3. The van der Waals surface area contributed by atoms with Gasteiger partial charge in [0.05, 0.1) is 0 Å². The third-order valence-electron chi connectivity index (χ3n) is 3.71. The molecule has 4 heteroatoms. The molecule has 17 heavy (non-hydrogen) atoms. The van der Waals surface area contributed by atoms with Gasteiger partial charge in [-0.1, -0.05) is 13.8 Å². The molecule has 1 rings (SSSR count). The SMILES string of the molecule is CC(C)C(N)CC(=O)N(C)CC1CCN(C)C1. The molecule has 1 heterocycles. The quantitative estimate of drug-likeness (QED) is 0.773. The summed E-state index contributed by atoms with van der Waals surface area (Å²) in [7, 11) is 4.03.